The molecule has 3 heteroatoms. The summed E-state index contributed by atoms with van der Waals surface area (Å²) in [6.07, 6.45) is 3.28. The number of nitriles is 2. The number of allylic oxidation sites excluding steroid dienone is 3. The highest BCUT2D eigenvalue weighted by Crippen LogP contribution is 2.10. The third-order valence-electron chi connectivity index (χ3n) is 1.08. The molecule has 0 amide bonds. The van der Waals surface area contributed by atoms with Crippen LogP contribution in [0, 0.1) is 22.7 Å². The van der Waals surface area contributed by atoms with Gasteiger partial charge in [0.25, 0.3) is 0 Å². The average molecular weight is 132 g/mol. The zero-order valence-corrected chi connectivity index (χ0v) is 5.16. The van der Waals surface area contributed by atoms with E-state index in [1.54, 1.807) is 18.2 Å². The fourth-order valence-electron chi connectivity index (χ4n) is 0.631. The van der Waals surface area contributed by atoms with Crippen LogP contribution in [-0.2, 0) is 4.74 Å². The zero-order chi connectivity index (χ0) is 7.40. The zero-order valence-electron chi connectivity index (χ0n) is 5.16. The lowest BCUT2D eigenvalue weighted by Crippen LogP contribution is -1.98. The summed E-state index contributed by atoms with van der Waals surface area (Å²) in [5, 5.41) is 16.8. The van der Waals surface area contributed by atoms with Crippen LogP contribution < -0.4 is 0 Å². The monoisotopic (exact) mass is 132 g/mol. The second kappa shape index (κ2) is 2.70. The predicted octanol–water partition coefficient (Wildman–Crippen LogP) is 0.874. The number of nitrogens with zero attached hydrogens (tertiary/aromatic N) is 2. The largest absolute Gasteiger partial charge is 0.478 e. The van der Waals surface area contributed by atoms with Crippen molar-refractivity contribution in [2.45, 2.75) is 0 Å². The first kappa shape index (κ1) is 6.38. The van der Waals surface area contributed by atoms with E-state index in [1.165, 1.54) is 0 Å². The highest BCUT2D eigenvalue weighted by atomic mass is 16.5. The van der Waals surface area contributed by atoms with E-state index < -0.39 is 0 Å². The molecule has 1 heterocycles. The molecule has 0 saturated carbocycles. The molecule has 1 aliphatic rings. The minimum atomic E-state index is 0.116. The number of hydrogen-bond acceptors (Lipinski definition) is 3. The lowest BCUT2D eigenvalue weighted by Gasteiger charge is -2.04. The standard InChI is InChI=1S/C7H4N2O/c8-4-6-2-1-3-10-7(6)5-9/h1-2H,3H2. The van der Waals surface area contributed by atoms with Crippen LogP contribution in [0.25, 0.3) is 0 Å². The molecule has 0 aromatic heterocycles. The summed E-state index contributed by atoms with van der Waals surface area (Å²) in [5.74, 6) is 0.116. The van der Waals surface area contributed by atoms with Crippen molar-refractivity contribution < 1.29 is 4.74 Å². The maximum Gasteiger partial charge on any atom is 0.215 e. The van der Waals surface area contributed by atoms with Gasteiger partial charge in [0.15, 0.2) is 0 Å². The van der Waals surface area contributed by atoms with Crippen molar-refractivity contribution in [1.82, 2.24) is 0 Å². The van der Waals surface area contributed by atoms with Crippen molar-refractivity contribution in [2.75, 3.05) is 6.61 Å². The molecule has 0 aromatic carbocycles. The van der Waals surface area contributed by atoms with E-state index >= 15 is 0 Å². The van der Waals surface area contributed by atoms with Gasteiger partial charge < -0.3 is 4.74 Å². The van der Waals surface area contributed by atoms with Crippen LogP contribution in [0.15, 0.2) is 23.5 Å². The summed E-state index contributed by atoms with van der Waals surface area (Å²) >= 11 is 0. The molecule has 10 heavy (non-hydrogen) atoms. The summed E-state index contributed by atoms with van der Waals surface area (Å²) in [4.78, 5) is 0. The van der Waals surface area contributed by atoms with E-state index in [0.717, 1.165) is 0 Å². The Morgan fingerprint density at radius 1 is 1.40 bits per heavy atom. The van der Waals surface area contributed by atoms with Crippen LogP contribution in [0.3, 0.4) is 0 Å². The van der Waals surface area contributed by atoms with Crippen LogP contribution in [0.5, 0.6) is 0 Å². The van der Waals surface area contributed by atoms with Crippen LogP contribution in [0.2, 0.25) is 0 Å². The van der Waals surface area contributed by atoms with Gasteiger partial charge in [-0.1, -0.05) is 0 Å². The quantitative estimate of drug-likeness (QED) is 0.491. The highest BCUT2D eigenvalue weighted by Gasteiger charge is 2.06. The van der Waals surface area contributed by atoms with Crippen molar-refractivity contribution in [2.24, 2.45) is 0 Å². The number of rotatable bonds is 0. The summed E-state index contributed by atoms with van der Waals surface area (Å²) in [5.41, 5.74) is 0.300. The fourth-order valence-corrected chi connectivity index (χ4v) is 0.631. The van der Waals surface area contributed by atoms with Crippen molar-refractivity contribution >= 4 is 0 Å². The molecule has 0 saturated heterocycles. The minimum Gasteiger partial charge on any atom is -0.478 e. The predicted molar refractivity (Wildman–Crippen MR) is 33.3 cm³/mol. The van der Waals surface area contributed by atoms with E-state index in [4.69, 9.17) is 15.3 Å². The SMILES string of the molecule is N#CC1=C(C#N)OCC=C1. The van der Waals surface area contributed by atoms with E-state index in [2.05, 4.69) is 0 Å². The highest BCUT2D eigenvalue weighted by molar-refractivity contribution is 5.42. The first-order valence-electron chi connectivity index (χ1n) is 2.72. The summed E-state index contributed by atoms with van der Waals surface area (Å²) in [7, 11) is 0. The van der Waals surface area contributed by atoms with Crippen LogP contribution in [0.1, 0.15) is 0 Å². The topological polar surface area (TPSA) is 56.8 Å². The molecular weight excluding hydrogens is 128 g/mol. The van der Waals surface area contributed by atoms with Gasteiger partial charge in [-0.15, -0.1) is 0 Å². The fraction of sp³-hybridized carbons (Fsp3) is 0.143. The molecule has 0 aliphatic carbocycles. The van der Waals surface area contributed by atoms with Crippen molar-refractivity contribution in [3.8, 4) is 12.1 Å². The van der Waals surface area contributed by atoms with E-state index in [9.17, 15) is 0 Å². The Hall–Kier alpha value is -1.74. The number of hydrogen-bond donors (Lipinski definition) is 0. The third kappa shape index (κ3) is 0.985. The van der Waals surface area contributed by atoms with Gasteiger partial charge in [-0.05, 0) is 12.2 Å². The number of ether oxygens (including phenoxy) is 1. The minimum absolute atomic E-state index is 0.116. The molecular formula is C7H4N2O. The van der Waals surface area contributed by atoms with Gasteiger partial charge in [0.2, 0.25) is 5.76 Å². The van der Waals surface area contributed by atoms with Gasteiger partial charge in [-0.2, -0.15) is 10.5 Å². The van der Waals surface area contributed by atoms with Gasteiger partial charge in [0.05, 0.1) is 0 Å². The lowest BCUT2D eigenvalue weighted by atomic mass is 10.2. The molecule has 1 aliphatic heterocycles. The molecule has 1 rings (SSSR count). The van der Waals surface area contributed by atoms with E-state index in [1.807, 2.05) is 6.07 Å². The molecule has 0 bridgehead atoms. The Morgan fingerprint density at radius 2 is 2.20 bits per heavy atom. The Labute approximate surface area is 58.4 Å². The average Bonchev–Trinajstić information content (AvgIpc) is 2.04. The van der Waals surface area contributed by atoms with Gasteiger partial charge >= 0.3 is 0 Å². The van der Waals surface area contributed by atoms with Crippen LogP contribution in [0.4, 0.5) is 0 Å². The smallest absolute Gasteiger partial charge is 0.215 e. The lowest BCUT2D eigenvalue weighted by molar-refractivity contribution is 0.258. The molecule has 48 valence electrons. The molecule has 0 unspecified atom stereocenters. The van der Waals surface area contributed by atoms with Gasteiger partial charge in [0, 0.05) is 0 Å². The van der Waals surface area contributed by atoms with Crippen LogP contribution in [-0.4, -0.2) is 6.61 Å². The third-order valence-corrected chi connectivity index (χ3v) is 1.08. The van der Waals surface area contributed by atoms with Crippen LogP contribution >= 0.6 is 0 Å². The molecule has 0 fully saturated rings. The van der Waals surface area contributed by atoms with Gasteiger partial charge in [-0.3, -0.25) is 0 Å². The van der Waals surface area contributed by atoms with Crippen molar-refractivity contribution in [3.63, 3.8) is 0 Å². The Morgan fingerprint density at radius 3 is 2.70 bits per heavy atom. The van der Waals surface area contributed by atoms with E-state index in [-0.39, 0.29) is 5.76 Å². The Bertz CT molecular complexity index is 275. The van der Waals surface area contributed by atoms with E-state index in [0.29, 0.717) is 12.2 Å². The second-order valence-electron chi connectivity index (χ2n) is 1.68. The molecule has 3 nitrogen and oxygen atoms in total. The van der Waals surface area contributed by atoms with Crippen molar-refractivity contribution in [1.29, 1.82) is 10.5 Å². The molecule has 0 spiro atoms. The van der Waals surface area contributed by atoms with Gasteiger partial charge in [-0.25, -0.2) is 0 Å². The normalized spacial score (nSPS) is 15.4. The maximum absolute atomic E-state index is 8.40. The molecule has 0 N–H and O–H groups in total. The maximum atomic E-state index is 8.40. The Kier molecular flexibility index (Phi) is 1.72. The first-order valence-corrected chi connectivity index (χ1v) is 2.72. The Balaban J connectivity index is 3.01. The summed E-state index contributed by atoms with van der Waals surface area (Å²) in [6, 6.07) is 3.64. The second-order valence-corrected chi connectivity index (χ2v) is 1.68. The molecule has 0 radical (unpaired) electrons. The summed E-state index contributed by atoms with van der Waals surface area (Å²) in [6.45, 7) is 0.383. The van der Waals surface area contributed by atoms with Crippen molar-refractivity contribution in [3.05, 3.63) is 23.5 Å². The van der Waals surface area contributed by atoms with Gasteiger partial charge in [0.1, 0.15) is 24.3 Å². The first-order chi connectivity index (χ1) is 4.88. The molecule has 0 aromatic rings. The summed E-state index contributed by atoms with van der Waals surface area (Å²) < 4.78 is 4.84. The molecule has 0 atom stereocenters.